The quantitative estimate of drug-likeness (QED) is 0.847. The van der Waals surface area contributed by atoms with E-state index in [1.54, 1.807) is 0 Å². The minimum atomic E-state index is 0.696. The smallest absolute Gasteiger partial charge is 0.156 e. The lowest BCUT2D eigenvalue weighted by Crippen LogP contribution is -2.32. The lowest BCUT2D eigenvalue weighted by molar-refractivity contribution is 0.591. The van der Waals surface area contributed by atoms with Crippen LogP contribution in [0, 0.1) is 0 Å². The van der Waals surface area contributed by atoms with Gasteiger partial charge in [0.1, 0.15) is 0 Å². The number of aliphatic imine (C=N–C) groups is 1. The summed E-state index contributed by atoms with van der Waals surface area (Å²) in [4.78, 5) is 4.48. The first kappa shape index (κ1) is 10.2. The number of hydrogen-bond donors (Lipinski definition) is 1. The highest BCUT2D eigenvalue weighted by Gasteiger charge is 2.25. The van der Waals surface area contributed by atoms with E-state index in [-0.39, 0.29) is 0 Å². The van der Waals surface area contributed by atoms with Crippen LogP contribution in [-0.2, 0) is 6.42 Å². The Balaban J connectivity index is 1.56. The molecule has 1 aromatic carbocycles. The van der Waals surface area contributed by atoms with E-state index in [9.17, 15) is 0 Å². The molecule has 1 atom stereocenters. The van der Waals surface area contributed by atoms with Gasteiger partial charge in [-0.1, -0.05) is 36.0 Å². The Bertz CT molecular complexity index is 414. The SMILES string of the molecule is c1ccc2c(c1)CC2CNC1=NCCCS1. The molecule has 0 radical (unpaired) electrons. The van der Waals surface area contributed by atoms with Gasteiger partial charge in [0.2, 0.25) is 0 Å². The van der Waals surface area contributed by atoms with Crippen LogP contribution >= 0.6 is 11.8 Å². The van der Waals surface area contributed by atoms with Crippen molar-refractivity contribution in [3.63, 3.8) is 0 Å². The summed E-state index contributed by atoms with van der Waals surface area (Å²) in [6, 6.07) is 8.75. The molecule has 0 aromatic heterocycles. The maximum absolute atomic E-state index is 4.48. The summed E-state index contributed by atoms with van der Waals surface area (Å²) in [6.45, 7) is 2.04. The topological polar surface area (TPSA) is 24.4 Å². The Hall–Kier alpha value is -0.960. The average Bonchev–Trinajstić information content (AvgIpc) is 2.32. The monoisotopic (exact) mass is 232 g/mol. The predicted molar refractivity (Wildman–Crippen MR) is 70.3 cm³/mol. The van der Waals surface area contributed by atoms with Crippen molar-refractivity contribution in [3.8, 4) is 0 Å². The second-order valence-electron chi connectivity index (χ2n) is 4.37. The predicted octanol–water partition coefficient (Wildman–Crippen LogP) is 2.41. The van der Waals surface area contributed by atoms with E-state index in [2.05, 4.69) is 34.6 Å². The third kappa shape index (κ3) is 1.96. The van der Waals surface area contributed by atoms with E-state index in [0.717, 1.165) is 18.3 Å². The molecule has 1 N–H and O–H groups in total. The molecule has 0 spiro atoms. The standard InChI is InChI=1S/C13H16N2S/c1-2-5-12-10(4-1)8-11(12)9-15-13-14-6-3-7-16-13/h1-2,4-5,11H,3,6-9H2,(H,14,15). The summed E-state index contributed by atoms with van der Waals surface area (Å²) in [5.41, 5.74) is 3.05. The molecular weight excluding hydrogens is 216 g/mol. The molecule has 0 amide bonds. The number of rotatable bonds is 2. The Morgan fingerprint density at radius 2 is 2.31 bits per heavy atom. The van der Waals surface area contributed by atoms with Crippen LogP contribution in [0.1, 0.15) is 23.5 Å². The molecule has 1 aliphatic heterocycles. The molecule has 0 saturated carbocycles. The fourth-order valence-electron chi connectivity index (χ4n) is 2.32. The highest BCUT2D eigenvalue weighted by atomic mass is 32.2. The summed E-state index contributed by atoms with van der Waals surface area (Å²) < 4.78 is 0. The van der Waals surface area contributed by atoms with E-state index in [1.807, 2.05) is 11.8 Å². The van der Waals surface area contributed by atoms with Crippen molar-refractivity contribution in [1.29, 1.82) is 0 Å². The van der Waals surface area contributed by atoms with E-state index in [1.165, 1.54) is 29.7 Å². The average molecular weight is 232 g/mol. The van der Waals surface area contributed by atoms with Gasteiger partial charge in [0.25, 0.3) is 0 Å². The van der Waals surface area contributed by atoms with Crippen LogP contribution in [0.3, 0.4) is 0 Å². The van der Waals surface area contributed by atoms with E-state index in [4.69, 9.17) is 0 Å². The number of thioether (sulfide) groups is 1. The molecule has 0 bridgehead atoms. The van der Waals surface area contributed by atoms with Crippen LogP contribution in [0.25, 0.3) is 0 Å². The molecule has 3 rings (SSSR count). The largest absolute Gasteiger partial charge is 0.364 e. The molecular formula is C13H16N2S. The van der Waals surface area contributed by atoms with Gasteiger partial charge in [-0.05, 0) is 24.0 Å². The molecule has 16 heavy (non-hydrogen) atoms. The fraction of sp³-hybridized carbons (Fsp3) is 0.462. The zero-order chi connectivity index (χ0) is 10.8. The number of hydrogen-bond acceptors (Lipinski definition) is 3. The number of nitrogens with one attached hydrogen (secondary N) is 1. The van der Waals surface area contributed by atoms with Crippen LogP contribution in [0.2, 0.25) is 0 Å². The molecule has 1 aliphatic carbocycles. The van der Waals surface area contributed by atoms with Gasteiger partial charge >= 0.3 is 0 Å². The molecule has 84 valence electrons. The first-order valence-corrected chi connectivity index (χ1v) is 6.91. The minimum Gasteiger partial charge on any atom is -0.364 e. The van der Waals surface area contributed by atoms with Crippen molar-refractivity contribution in [2.75, 3.05) is 18.8 Å². The van der Waals surface area contributed by atoms with Crippen LogP contribution in [0.15, 0.2) is 29.3 Å². The van der Waals surface area contributed by atoms with Gasteiger partial charge in [-0.3, -0.25) is 4.99 Å². The van der Waals surface area contributed by atoms with E-state index < -0.39 is 0 Å². The van der Waals surface area contributed by atoms with Gasteiger partial charge in [0.15, 0.2) is 5.17 Å². The molecule has 1 heterocycles. The van der Waals surface area contributed by atoms with Crippen LogP contribution in [-0.4, -0.2) is 24.0 Å². The Morgan fingerprint density at radius 3 is 3.12 bits per heavy atom. The second kappa shape index (κ2) is 4.50. The highest BCUT2D eigenvalue weighted by molar-refractivity contribution is 8.13. The Labute approximate surface area is 101 Å². The maximum Gasteiger partial charge on any atom is 0.156 e. The number of fused-ring (bicyclic) bond motifs is 1. The first-order chi connectivity index (χ1) is 7.93. The van der Waals surface area contributed by atoms with Gasteiger partial charge in [-0.15, -0.1) is 0 Å². The van der Waals surface area contributed by atoms with Crippen molar-refractivity contribution < 1.29 is 0 Å². The zero-order valence-electron chi connectivity index (χ0n) is 9.28. The third-order valence-electron chi connectivity index (χ3n) is 3.26. The molecule has 0 saturated heterocycles. The Morgan fingerprint density at radius 1 is 1.38 bits per heavy atom. The normalized spacial score (nSPS) is 23.0. The van der Waals surface area contributed by atoms with Crippen LogP contribution < -0.4 is 5.32 Å². The highest BCUT2D eigenvalue weighted by Crippen LogP contribution is 2.34. The van der Waals surface area contributed by atoms with Gasteiger partial charge in [0, 0.05) is 24.8 Å². The molecule has 2 aliphatic rings. The van der Waals surface area contributed by atoms with Gasteiger partial charge in [-0.25, -0.2) is 0 Å². The third-order valence-corrected chi connectivity index (χ3v) is 4.30. The lowest BCUT2D eigenvalue weighted by atomic mass is 9.78. The maximum atomic E-state index is 4.48. The van der Waals surface area contributed by atoms with Gasteiger partial charge in [-0.2, -0.15) is 0 Å². The molecule has 1 unspecified atom stereocenters. The van der Waals surface area contributed by atoms with Gasteiger partial charge in [0.05, 0.1) is 0 Å². The summed E-state index contributed by atoms with van der Waals surface area (Å²) in [6.07, 6.45) is 2.45. The van der Waals surface area contributed by atoms with Crippen molar-refractivity contribution in [1.82, 2.24) is 5.32 Å². The van der Waals surface area contributed by atoms with Crippen LogP contribution in [0.4, 0.5) is 0 Å². The van der Waals surface area contributed by atoms with Crippen molar-refractivity contribution >= 4 is 16.9 Å². The van der Waals surface area contributed by atoms with Crippen molar-refractivity contribution in [3.05, 3.63) is 35.4 Å². The minimum absolute atomic E-state index is 0.696. The summed E-state index contributed by atoms with van der Waals surface area (Å²) >= 11 is 1.86. The zero-order valence-corrected chi connectivity index (χ0v) is 10.1. The summed E-state index contributed by atoms with van der Waals surface area (Å²) in [5, 5.41) is 4.63. The van der Waals surface area contributed by atoms with Gasteiger partial charge < -0.3 is 5.32 Å². The summed E-state index contributed by atoms with van der Waals surface area (Å²) in [7, 11) is 0. The number of benzene rings is 1. The number of nitrogens with zero attached hydrogens (tertiary/aromatic N) is 1. The molecule has 3 heteroatoms. The number of amidine groups is 1. The van der Waals surface area contributed by atoms with E-state index in [0.29, 0.717) is 5.92 Å². The van der Waals surface area contributed by atoms with Crippen LogP contribution in [0.5, 0.6) is 0 Å². The van der Waals surface area contributed by atoms with Crippen molar-refractivity contribution in [2.45, 2.75) is 18.8 Å². The Kier molecular flexibility index (Phi) is 2.87. The molecule has 1 aromatic rings. The first-order valence-electron chi connectivity index (χ1n) is 5.92. The lowest BCUT2D eigenvalue weighted by Gasteiger charge is -2.30. The fourth-order valence-corrected chi connectivity index (χ4v) is 3.16. The second-order valence-corrected chi connectivity index (χ2v) is 5.45. The van der Waals surface area contributed by atoms with E-state index >= 15 is 0 Å². The summed E-state index contributed by atoms with van der Waals surface area (Å²) in [5.74, 6) is 1.91. The van der Waals surface area contributed by atoms with Crippen molar-refractivity contribution in [2.24, 2.45) is 4.99 Å². The molecule has 0 fully saturated rings. The molecule has 2 nitrogen and oxygen atoms in total.